The smallest absolute Gasteiger partial charge is 0.242 e. The molecule has 1 aromatic heterocycles. The molecule has 0 N–H and O–H groups in total. The highest BCUT2D eigenvalue weighted by Gasteiger charge is 2.17. The van der Waals surface area contributed by atoms with E-state index in [1.807, 2.05) is 43.3 Å². The topological polar surface area (TPSA) is 63.9 Å². The summed E-state index contributed by atoms with van der Waals surface area (Å²) in [7, 11) is -0.364. The van der Waals surface area contributed by atoms with Crippen molar-refractivity contribution in [1.82, 2.24) is 8.87 Å². The molecule has 0 unspecified atom stereocenters. The van der Waals surface area contributed by atoms with Gasteiger partial charge in [-0.05, 0) is 55.3 Å². The summed E-state index contributed by atoms with van der Waals surface area (Å²) in [6, 6.07) is 14.9. The van der Waals surface area contributed by atoms with Crippen molar-refractivity contribution in [3.05, 3.63) is 58.7 Å². The first-order valence-electron chi connectivity index (χ1n) is 11.4. The first-order chi connectivity index (χ1) is 15.9. The van der Waals surface area contributed by atoms with E-state index in [2.05, 4.69) is 16.9 Å². The number of unbranched alkanes of at least 4 members (excludes halogenated alkanes) is 3. The summed E-state index contributed by atoms with van der Waals surface area (Å²) in [6.45, 7) is 5.68. The van der Waals surface area contributed by atoms with Gasteiger partial charge in [-0.15, -0.1) is 11.3 Å². The molecule has 0 aliphatic heterocycles. The number of benzene rings is 2. The van der Waals surface area contributed by atoms with Crippen LogP contribution in [0.15, 0.2) is 63.8 Å². The summed E-state index contributed by atoms with van der Waals surface area (Å²) in [5.41, 5.74) is 2.91. The Bertz CT molecular complexity index is 1190. The molecule has 8 heteroatoms. The van der Waals surface area contributed by atoms with Gasteiger partial charge >= 0.3 is 0 Å². The van der Waals surface area contributed by atoms with Crippen molar-refractivity contribution >= 4 is 27.0 Å². The molecule has 3 aromatic rings. The van der Waals surface area contributed by atoms with Crippen molar-refractivity contribution < 1.29 is 13.2 Å². The Morgan fingerprint density at radius 1 is 0.970 bits per heavy atom. The van der Waals surface area contributed by atoms with Crippen LogP contribution in [0.4, 0.5) is 5.69 Å². The van der Waals surface area contributed by atoms with E-state index in [1.54, 1.807) is 37.6 Å². The van der Waals surface area contributed by atoms with Crippen molar-refractivity contribution in [3.8, 4) is 17.0 Å². The first-order valence-corrected chi connectivity index (χ1v) is 13.7. The fourth-order valence-corrected chi connectivity index (χ4v) is 5.32. The summed E-state index contributed by atoms with van der Waals surface area (Å²) in [6.07, 6.45) is 4.64. The number of nitrogens with zero attached hydrogens (tertiary/aromatic N) is 3. The average molecular weight is 488 g/mol. The van der Waals surface area contributed by atoms with Gasteiger partial charge in [-0.2, -0.15) is 0 Å². The van der Waals surface area contributed by atoms with Gasteiger partial charge in [-0.1, -0.05) is 38.3 Å². The normalized spacial score (nSPS) is 12.5. The van der Waals surface area contributed by atoms with Gasteiger partial charge in [-0.3, -0.25) is 0 Å². The lowest BCUT2D eigenvalue weighted by Crippen LogP contribution is -2.22. The molecule has 6 nitrogen and oxygen atoms in total. The summed E-state index contributed by atoms with van der Waals surface area (Å²) in [5, 5.41) is 2.10. The van der Waals surface area contributed by atoms with Crippen LogP contribution in [-0.4, -0.2) is 38.0 Å². The van der Waals surface area contributed by atoms with Gasteiger partial charge in [0.15, 0.2) is 4.80 Å². The number of ether oxygens (including phenoxy) is 1. The highest BCUT2D eigenvalue weighted by Crippen LogP contribution is 2.25. The summed E-state index contributed by atoms with van der Waals surface area (Å²) in [5.74, 6) is 0.837. The van der Waals surface area contributed by atoms with Crippen molar-refractivity contribution in [1.29, 1.82) is 0 Å². The fraction of sp³-hybridized carbons (Fsp3) is 0.400. The minimum absolute atomic E-state index is 0.292. The van der Waals surface area contributed by atoms with Gasteiger partial charge in [0.05, 0.1) is 22.9 Å². The minimum Gasteiger partial charge on any atom is -0.494 e. The summed E-state index contributed by atoms with van der Waals surface area (Å²) >= 11 is 1.60. The molecule has 0 bridgehead atoms. The van der Waals surface area contributed by atoms with Crippen LogP contribution in [0.5, 0.6) is 5.75 Å². The molecule has 1 heterocycles. The van der Waals surface area contributed by atoms with Gasteiger partial charge < -0.3 is 9.30 Å². The summed E-state index contributed by atoms with van der Waals surface area (Å²) < 4.78 is 33.8. The second-order valence-corrected chi connectivity index (χ2v) is 11.0. The zero-order chi connectivity index (χ0) is 23.8. The quantitative estimate of drug-likeness (QED) is 0.327. The molecule has 0 fully saturated rings. The zero-order valence-electron chi connectivity index (χ0n) is 19.8. The number of thiazole rings is 1. The van der Waals surface area contributed by atoms with Crippen LogP contribution in [0, 0.1) is 0 Å². The number of hydrogen-bond donors (Lipinski definition) is 0. The van der Waals surface area contributed by atoms with Crippen LogP contribution in [-0.2, 0) is 16.6 Å². The van der Waals surface area contributed by atoms with Crippen molar-refractivity contribution in [2.45, 2.75) is 51.0 Å². The van der Waals surface area contributed by atoms with Gasteiger partial charge in [0, 0.05) is 26.0 Å². The SMILES string of the molecule is CCCCCCn1c(-c2ccc(S(=O)(=O)N(C)C)cc2)csc1=Nc1ccc(OCC)cc1. The molecule has 0 saturated carbocycles. The molecule has 3 rings (SSSR count). The zero-order valence-corrected chi connectivity index (χ0v) is 21.5. The maximum atomic E-state index is 12.4. The van der Waals surface area contributed by atoms with E-state index in [0.29, 0.717) is 11.5 Å². The minimum atomic E-state index is -3.45. The lowest BCUT2D eigenvalue weighted by Gasteiger charge is -2.13. The van der Waals surface area contributed by atoms with Crippen molar-refractivity contribution in [3.63, 3.8) is 0 Å². The van der Waals surface area contributed by atoms with E-state index in [4.69, 9.17) is 9.73 Å². The molecule has 0 radical (unpaired) electrons. The third kappa shape index (κ3) is 6.34. The van der Waals surface area contributed by atoms with E-state index in [1.165, 1.54) is 23.6 Å². The second kappa shape index (κ2) is 11.6. The van der Waals surface area contributed by atoms with Gasteiger partial charge in [0.25, 0.3) is 0 Å². The molecule has 0 spiro atoms. The van der Waals surface area contributed by atoms with Crippen LogP contribution in [0.3, 0.4) is 0 Å². The molecular weight excluding hydrogens is 454 g/mol. The monoisotopic (exact) mass is 487 g/mol. The van der Waals surface area contributed by atoms with Crippen LogP contribution in [0.25, 0.3) is 11.3 Å². The van der Waals surface area contributed by atoms with Crippen molar-refractivity contribution in [2.75, 3.05) is 20.7 Å². The van der Waals surface area contributed by atoms with Crippen LogP contribution < -0.4 is 9.54 Å². The largest absolute Gasteiger partial charge is 0.494 e. The third-order valence-corrected chi connectivity index (χ3v) is 8.03. The summed E-state index contributed by atoms with van der Waals surface area (Å²) in [4.78, 5) is 6.11. The Morgan fingerprint density at radius 2 is 1.67 bits per heavy atom. The predicted molar refractivity (Wildman–Crippen MR) is 136 cm³/mol. The Morgan fingerprint density at radius 3 is 2.27 bits per heavy atom. The standard InChI is InChI=1S/C25H33N3O3S2/c1-5-7-8-9-18-28-24(20-10-16-23(17-11-20)33(29,30)27(3)4)19-32-25(28)26-21-12-14-22(15-13-21)31-6-2/h10-17,19H,5-9,18H2,1-4H3. The molecule has 0 amide bonds. The Labute approximate surface area is 201 Å². The molecule has 178 valence electrons. The van der Waals surface area contributed by atoms with E-state index in [0.717, 1.165) is 40.5 Å². The molecule has 0 saturated heterocycles. The molecular formula is C25H33N3O3S2. The fourth-order valence-electron chi connectivity index (χ4n) is 3.46. The first kappa shape index (κ1) is 25.2. The van der Waals surface area contributed by atoms with Crippen LogP contribution in [0.2, 0.25) is 0 Å². The number of sulfonamides is 1. The average Bonchev–Trinajstić information content (AvgIpc) is 3.20. The number of aromatic nitrogens is 1. The Kier molecular flexibility index (Phi) is 8.88. The lowest BCUT2D eigenvalue weighted by atomic mass is 10.1. The number of hydrogen-bond acceptors (Lipinski definition) is 5. The van der Waals surface area contributed by atoms with Crippen molar-refractivity contribution in [2.24, 2.45) is 4.99 Å². The Hall–Kier alpha value is -2.42. The van der Waals surface area contributed by atoms with E-state index in [9.17, 15) is 8.42 Å². The Balaban J connectivity index is 1.97. The van der Waals surface area contributed by atoms with Gasteiger partial charge in [0.1, 0.15) is 5.75 Å². The van der Waals surface area contributed by atoms with Gasteiger partial charge in [-0.25, -0.2) is 17.7 Å². The van der Waals surface area contributed by atoms with Crippen LogP contribution in [0.1, 0.15) is 39.5 Å². The molecule has 0 aliphatic rings. The highest BCUT2D eigenvalue weighted by atomic mass is 32.2. The molecule has 33 heavy (non-hydrogen) atoms. The maximum absolute atomic E-state index is 12.4. The lowest BCUT2D eigenvalue weighted by molar-refractivity contribution is 0.340. The highest BCUT2D eigenvalue weighted by molar-refractivity contribution is 7.89. The van der Waals surface area contributed by atoms with E-state index in [-0.39, 0.29) is 0 Å². The predicted octanol–water partition coefficient (Wildman–Crippen LogP) is 5.68. The molecule has 2 aromatic carbocycles. The molecule has 0 aliphatic carbocycles. The third-order valence-electron chi connectivity index (χ3n) is 5.33. The maximum Gasteiger partial charge on any atom is 0.242 e. The van der Waals surface area contributed by atoms with Crippen LogP contribution >= 0.6 is 11.3 Å². The second-order valence-electron chi connectivity index (χ2n) is 7.97. The molecule has 0 atom stereocenters. The number of rotatable bonds is 11. The van der Waals surface area contributed by atoms with E-state index >= 15 is 0 Å². The van der Waals surface area contributed by atoms with Gasteiger partial charge in [0.2, 0.25) is 10.0 Å². The van der Waals surface area contributed by atoms with E-state index < -0.39 is 10.0 Å².